The molecular formula is C16H23N3O. The highest BCUT2D eigenvalue weighted by atomic mass is 16.5. The Bertz CT molecular complexity index is 582. The molecule has 0 fully saturated rings. The second-order valence-corrected chi connectivity index (χ2v) is 5.96. The highest BCUT2D eigenvalue weighted by molar-refractivity contribution is 5.59. The summed E-state index contributed by atoms with van der Waals surface area (Å²) in [5.41, 5.74) is 3.55. The minimum atomic E-state index is 0.120. The van der Waals surface area contributed by atoms with E-state index in [-0.39, 0.29) is 5.41 Å². The maximum absolute atomic E-state index is 5.43. The number of anilines is 1. The van der Waals surface area contributed by atoms with E-state index < -0.39 is 0 Å². The molecule has 20 heavy (non-hydrogen) atoms. The summed E-state index contributed by atoms with van der Waals surface area (Å²) in [6.45, 7) is 7.35. The van der Waals surface area contributed by atoms with Crippen molar-refractivity contribution in [1.29, 1.82) is 0 Å². The highest BCUT2D eigenvalue weighted by Crippen LogP contribution is 2.31. The van der Waals surface area contributed by atoms with E-state index in [1.54, 1.807) is 13.3 Å². The van der Waals surface area contributed by atoms with Gasteiger partial charge in [0, 0.05) is 13.2 Å². The lowest BCUT2D eigenvalue weighted by Crippen LogP contribution is -2.12. The van der Waals surface area contributed by atoms with E-state index in [0.717, 1.165) is 23.7 Å². The lowest BCUT2D eigenvalue weighted by molar-refractivity contribution is 0.416. The minimum absolute atomic E-state index is 0.120. The van der Waals surface area contributed by atoms with Gasteiger partial charge in [0.25, 0.3) is 0 Å². The van der Waals surface area contributed by atoms with Crippen LogP contribution in [-0.2, 0) is 19.0 Å². The fraction of sp³-hybridized carbons (Fsp3) is 0.438. The smallest absolute Gasteiger partial charge is 0.141 e. The minimum Gasteiger partial charge on any atom is -0.495 e. The molecule has 0 unspecified atom stereocenters. The van der Waals surface area contributed by atoms with Crippen LogP contribution in [0, 0.1) is 0 Å². The molecular weight excluding hydrogens is 250 g/mol. The zero-order chi connectivity index (χ0) is 14.8. The van der Waals surface area contributed by atoms with Gasteiger partial charge in [0.1, 0.15) is 5.75 Å². The molecule has 0 aliphatic carbocycles. The SMILES string of the molecule is COc1ccc(C(C)(C)C)cc1NCc1ccnn1C. The van der Waals surface area contributed by atoms with Crippen LogP contribution in [0.2, 0.25) is 0 Å². The standard InChI is InChI=1S/C16H23N3O/c1-16(2,3)12-6-7-15(20-5)14(10-12)17-11-13-8-9-18-19(13)4/h6-10,17H,11H2,1-5H3. The van der Waals surface area contributed by atoms with Gasteiger partial charge in [-0.2, -0.15) is 5.10 Å². The van der Waals surface area contributed by atoms with Gasteiger partial charge in [-0.1, -0.05) is 26.8 Å². The number of nitrogens with zero attached hydrogens (tertiary/aromatic N) is 2. The molecule has 4 heteroatoms. The zero-order valence-corrected chi connectivity index (χ0v) is 12.9. The summed E-state index contributed by atoms with van der Waals surface area (Å²) >= 11 is 0. The predicted molar refractivity (Wildman–Crippen MR) is 82.2 cm³/mol. The van der Waals surface area contributed by atoms with Crippen molar-refractivity contribution in [2.24, 2.45) is 7.05 Å². The largest absolute Gasteiger partial charge is 0.495 e. The second kappa shape index (κ2) is 5.57. The van der Waals surface area contributed by atoms with E-state index in [1.165, 1.54) is 5.56 Å². The maximum Gasteiger partial charge on any atom is 0.141 e. The topological polar surface area (TPSA) is 39.1 Å². The molecule has 2 aromatic rings. The molecule has 0 saturated heterocycles. The summed E-state index contributed by atoms with van der Waals surface area (Å²) < 4.78 is 7.30. The molecule has 1 heterocycles. The van der Waals surface area contributed by atoms with E-state index >= 15 is 0 Å². The van der Waals surface area contributed by atoms with Gasteiger partial charge in [-0.05, 0) is 29.2 Å². The lowest BCUT2D eigenvalue weighted by atomic mass is 9.87. The van der Waals surface area contributed by atoms with Crippen molar-refractivity contribution in [3.63, 3.8) is 0 Å². The quantitative estimate of drug-likeness (QED) is 0.928. The maximum atomic E-state index is 5.43. The normalized spacial score (nSPS) is 11.4. The molecule has 0 radical (unpaired) electrons. The molecule has 1 N–H and O–H groups in total. The van der Waals surface area contributed by atoms with Gasteiger partial charge in [-0.15, -0.1) is 0 Å². The van der Waals surface area contributed by atoms with Crippen molar-refractivity contribution in [2.45, 2.75) is 32.7 Å². The average Bonchev–Trinajstić information content (AvgIpc) is 2.80. The summed E-state index contributed by atoms with van der Waals surface area (Å²) in [4.78, 5) is 0. The van der Waals surface area contributed by atoms with E-state index in [0.29, 0.717) is 0 Å². The molecule has 0 aliphatic heterocycles. The van der Waals surface area contributed by atoms with Gasteiger partial charge in [-0.25, -0.2) is 0 Å². The Hall–Kier alpha value is -1.97. The summed E-state index contributed by atoms with van der Waals surface area (Å²) in [6, 6.07) is 8.31. The van der Waals surface area contributed by atoms with E-state index in [9.17, 15) is 0 Å². The van der Waals surface area contributed by atoms with Crippen molar-refractivity contribution >= 4 is 5.69 Å². The van der Waals surface area contributed by atoms with Crippen LogP contribution in [0.4, 0.5) is 5.69 Å². The highest BCUT2D eigenvalue weighted by Gasteiger charge is 2.16. The first kappa shape index (κ1) is 14.4. The number of aryl methyl sites for hydroxylation is 1. The van der Waals surface area contributed by atoms with E-state index in [2.05, 4.69) is 43.3 Å². The zero-order valence-electron chi connectivity index (χ0n) is 12.9. The van der Waals surface area contributed by atoms with Gasteiger partial charge >= 0.3 is 0 Å². The first-order chi connectivity index (χ1) is 9.41. The van der Waals surface area contributed by atoms with Gasteiger partial charge in [0.05, 0.1) is 25.0 Å². The van der Waals surface area contributed by atoms with Crippen LogP contribution in [0.3, 0.4) is 0 Å². The number of ether oxygens (including phenoxy) is 1. The fourth-order valence-corrected chi connectivity index (χ4v) is 2.07. The first-order valence-electron chi connectivity index (χ1n) is 6.81. The molecule has 0 saturated carbocycles. The molecule has 1 aromatic carbocycles. The van der Waals surface area contributed by atoms with Gasteiger partial charge in [0.15, 0.2) is 0 Å². The van der Waals surface area contributed by atoms with Crippen LogP contribution < -0.4 is 10.1 Å². The fourth-order valence-electron chi connectivity index (χ4n) is 2.07. The Balaban J connectivity index is 2.23. The van der Waals surface area contributed by atoms with E-state index in [1.807, 2.05) is 23.9 Å². The van der Waals surface area contributed by atoms with E-state index in [4.69, 9.17) is 4.74 Å². The van der Waals surface area contributed by atoms with Crippen molar-refractivity contribution in [2.75, 3.05) is 12.4 Å². The summed E-state index contributed by atoms with van der Waals surface area (Å²) in [5, 5.41) is 7.61. The number of hydrogen-bond donors (Lipinski definition) is 1. The van der Waals surface area contributed by atoms with Crippen molar-refractivity contribution in [3.8, 4) is 5.75 Å². The molecule has 1 aromatic heterocycles. The molecule has 4 nitrogen and oxygen atoms in total. The molecule has 108 valence electrons. The van der Waals surface area contributed by atoms with Crippen LogP contribution in [0.1, 0.15) is 32.0 Å². The number of benzene rings is 1. The Morgan fingerprint density at radius 2 is 2.00 bits per heavy atom. The molecule has 0 atom stereocenters. The monoisotopic (exact) mass is 273 g/mol. The third-order valence-electron chi connectivity index (χ3n) is 3.45. The van der Waals surface area contributed by atoms with Crippen molar-refractivity contribution < 1.29 is 4.74 Å². The first-order valence-corrected chi connectivity index (χ1v) is 6.81. The van der Waals surface area contributed by atoms with Crippen LogP contribution in [0.5, 0.6) is 5.75 Å². The van der Waals surface area contributed by atoms with Crippen molar-refractivity contribution in [3.05, 3.63) is 41.7 Å². The van der Waals surface area contributed by atoms with Crippen LogP contribution in [0.15, 0.2) is 30.5 Å². The molecule has 0 spiro atoms. The Kier molecular flexibility index (Phi) is 4.02. The number of rotatable bonds is 4. The lowest BCUT2D eigenvalue weighted by Gasteiger charge is -2.21. The second-order valence-electron chi connectivity index (χ2n) is 5.96. The molecule has 0 aliphatic rings. The van der Waals surface area contributed by atoms with Crippen molar-refractivity contribution in [1.82, 2.24) is 9.78 Å². The predicted octanol–water partition coefficient (Wildman–Crippen LogP) is 3.34. The molecule has 0 amide bonds. The number of methoxy groups -OCH3 is 1. The number of nitrogens with one attached hydrogen (secondary N) is 1. The molecule has 2 rings (SSSR count). The Morgan fingerprint density at radius 3 is 2.55 bits per heavy atom. The van der Waals surface area contributed by atoms with Crippen LogP contribution in [0.25, 0.3) is 0 Å². The Morgan fingerprint density at radius 1 is 1.25 bits per heavy atom. The summed E-state index contributed by atoms with van der Waals surface area (Å²) in [7, 11) is 3.64. The van der Waals surface area contributed by atoms with Gasteiger partial charge in [-0.3, -0.25) is 4.68 Å². The van der Waals surface area contributed by atoms with Crippen LogP contribution >= 0.6 is 0 Å². The number of aromatic nitrogens is 2. The average molecular weight is 273 g/mol. The summed E-state index contributed by atoms with van der Waals surface area (Å²) in [6.07, 6.45) is 1.81. The number of hydrogen-bond acceptors (Lipinski definition) is 3. The molecule has 0 bridgehead atoms. The van der Waals surface area contributed by atoms with Gasteiger partial charge in [0.2, 0.25) is 0 Å². The van der Waals surface area contributed by atoms with Gasteiger partial charge < -0.3 is 10.1 Å². The van der Waals surface area contributed by atoms with Crippen LogP contribution in [-0.4, -0.2) is 16.9 Å². The Labute approximate surface area is 120 Å². The summed E-state index contributed by atoms with van der Waals surface area (Å²) in [5.74, 6) is 0.861. The third-order valence-corrected chi connectivity index (χ3v) is 3.45. The third kappa shape index (κ3) is 3.13.